The van der Waals surface area contributed by atoms with E-state index >= 15 is 0 Å². The largest absolute Gasteiger partial charge is 0.497 e. The van der Waals surface area contributed by atoms with Crippen LogP contribution in [0.2, 0.25) is 0 Å². The third-order valence-electron chi connectivity index (χ3n) is 3.06. The van der Waals surface area contributed by atoms with Crippen molar-refractivity contribution >= 4 is 0 Å². The van der Waals surface area contributed by atoms with E-state index in [0.717, 1.165) is 23.4 Å². The van der Waals surface area contributed by atoms with Crippen LogP contribution in [0.5, 0.6) is 5.75 Å². The standard InChI is InChI=1S/C16H16F3NO2/c1-21-15-8-4-13(5-9-15)11-22-20-10-12-2-6-14(7-3-12)16(17,18)19/h2-9,20H,10-11H2,1H3. The average molecular weight is 311 g/mol. The van der Waals surface area contributed by atoms with Crippen LogP contribution >= 0.6 is 0 Å². The first-order valence-electron chi connectivity index (χ1n) is 6.63. The van der Waals surface area contributed by atoms with Gasteiger partial charge in [0.25, 0.3) is 0 Å². The Labute approximate surface area is 126 Å². The van der Waals surface area contributed by atoms with Gasteiger partial charge in [0.15, 0.2) is 0 Å². The Balaban J connectivity index is 1.76. The highest BCUT2D eigenvalue weighted by atomic mass is 19.4. The third-order valence-corrected chi connectivity index (χ3v) is 3.06. The fraction of sp³-hybridized carbons (Fsp3) is 0.250. The van der Waals surface area contributed by atoms with Gasteiger partial charge in [0, 0.05) is 6.54 Å². The molecule has 0 bridgehead atoms. The van der Waals surface area contributed by atoms with Gasteiger partial charge in [-0.2, -0.15) is 18.7 Å². The summed E-state index contributed by atoms with van der Waals surface area (Å²) in [5, 5.41) is 0. The van der Waals surface area contributed by atoms with Crippen LogP contribution in [0, 0.1) is 0 Å². The first-order valence-corrected chi connectivity index (χ1v) is 6.63. The molecule has 0 atom stereocenters. The van der Waals surface area contributed by atoms with Crippen LogP contribution in [0.3, 0.4) is 0 Å². The maximum atomic E-state index is 12.4. The molecular formula is C16H16F3NO2. The molecule has 3 nitrogen and oxygen atoms in total. The van der Waals surface area contributed by atoms with Crippen LogP contribution < -0.4 is 10.2 Å². The van der Waals surface area contributed by atoms with E-state index in [0.29, 0.717) is 18.7 Å². The fourth-order valence-corrected chi connectivity index (χ4v) is 1.80. The molecule has 2 aromatic carbocycles. The number of alkyl halides is 3. The molecule has 0 radical (unpaired) electrons. The van der Waals surface area contributed by atoms with Gasteiger partial charge in [-0.15, -0.1) is 0 Å². The van der Waals surface area contributed by atoms with Crippen molar-refractivity contribution in [2.75, 3.05) is 7.11 Å². The van der Waals surface area contributed by atoms with Crippen molar-refractivity contribution in [2.45, 2.75) is 19.3 Å². The molecule has 2 rings (SSSR count). The van der Waals surface area contributed by atoms with Crippen LogP contribution in [0.25, 0.3) is 0 Å². The molecule has 6 heteroatoms. The molecule has 0 fully saturated rings. The molecule has 0 heterocycles. The molecule has 22 heavy (non-hydrogen) atoms. The molecule has 0 unspecified atom stereocenters. The zero-order chi connectivity index (χ0) is 16.0. The van der Waals surface area contributed by atoms with E-state index in [9.17, 15) is 13.2 Å². The minimum atomic E-state index is -4.31. The van der Waals surface area contributed by atoms with E-state index in [1.807, 2.05) is 24.3 Å². The first kappa shape index (κ1) is 16.3. The Morgan fingerprint density at radius 2 is 1.50 bits per heavy atom. The number of ether oxygens (including phenoxy) is 1. The number of benzene rings is 2. The normalized spacial score (nSPS) is 11.5. The molecule has 118 valence electrons. The van der Waals surface area contributed by atoms with Gasteiger partial charge in [-0.25, -0.2) is 0 Å². The maximum Gasteiger partial charge on any atom is 0.416 e. The number of hydrogen-bond acceptors (Lipinski definition) is 3. The van der Waals surface area contributed by atoms with Crippen molar-refractivity contribution in [3.63, 3.8) is 0 Å². The van der Waals surface area contributed by atoms with Gasteiger partial charge in [-0.3, -0.25) is 4.84 Å². The van der Waals surface area contributed by atoms with Gasteiger partial charge in [-0.1, -0.05) is 24.3 Å². The number of halogens is 3. The number of hydroxylamine groups is 1. The molecule has 2 aromatic rings. The molecule has 0 saturated heterocycles. The SMILES string of the molecule is COc1ccc(CONCc2ccc(C(F)(F)F)cc2)cc1. The summed E-state index contributed by atoms with van der Waals surface area (Å²) >= 11 is 0. The molecule has 0 spiro atoms. The minimum Gasteiger partial charge on any atom is -0.497 e. The van der Waals surface area contributed by atoms with Crippen molar-refractivity contribution in [1.29, 1.82) is 0 Å². The average Bonchev–Trinajstić information content (AvgIpc) is 2.52. The lowest BCUT2D eigenvalue weighted by molar-refractivity contribution is -0.137. The Hall–Kier alpha value is -2.05. The van der Waals surface area contributed by atoms with Crippen molar-refractivity contribution in [3.8, 4) is 5.75 Å². The molecule has 0 amide bonds. The minimum absolute atomic E-state index is 0.328. The van der Waals surface area contributed by atoms with E-state index in [-0.39, 0.29) is 0 Å². The lowest BCUT2D eigenvalue weighted by Gasteiger charge is -2.09. The molecule has 0 aliphatic carbocycles. The van der Waals surface area contributed by atoms with Crippen molar-refractivity contribution in [1.82, 2.24) is 5.48 Å². The van der Waals surface area contributed by atoms with E-state index in [1.165, 1.54) is 12.1 Å². The fourth-order valence-electron chi connectivity index (χ4n) is 1.80. The van der Waals surface area contributed by atoms with Crippen LogP contribution in [0.4, 0.5) is 13.2 Å². The van der Waals surface area contributed by atoms with Gasteiger partial charge in [0.05, 0.1) is 19.3 Å². The Bertz CT molecular complexity index is 580. The summed E-state index contributed by atoms with van der Waals surface area (Å²) in [6, 6.07) is 12.4. The molecular weight excluding hydrogens is 295 g/mol. The monoisotopic (exact) mass is 311 g/mol. The first-order chi connectivity index (χ1) is 10.5. The lowest BCUT2D eigenvalue weighted by Crippen LogP contribution is -2.14. The van der Waals surface area contributed by atoms with Crippen LogP contribution in [0.15, 0.2) is 48.5 Å². The molecule has 0 aliphatic rings. The second-order valence-corrected chi connectivity index (χ2v) is 4.65. The summed E-state index contributed by atoms with van der Waals surface area (Å²) in [7, 11) is 1.59. The maximum absolute atomic E-state index is 12.4. The van der Waals surface area contributed by atoms with Crippen LogP contribution in [-0.2, 0) is 24.2 Å². The van der Waals surface area contributed by atoms with E-state index in [4.69, 9.17) is 9.57 Å². The van der Waals surface area contributed by atoms with Gasteiger partial charge < -0.3 is 4.74 Å². The molecule has 0 aromatic heterocycles. The number of rotatable bonds is 6. The number of hydrogen-bond donors (Lipinski definition) is 1. The van der Waals surface area contributed by atoms with Crippen LogP contribution in [0.1, 0.15) is 16.7 Å². The topological polar surface area (TPSA) is 30.5 Å². The van der Waals surface area contributed by atoms with E-state index in [2.05, 4.69) is 5.48 Å². The molecule has 1 N–H and O–H groups in total. The van der Waals surface area contributed by atoms with Gasteiger partial charge in [0.1, 0.15) is 5.75 Å². The summed E-state index contributed by atoms with van der Waals surface area (Å²) in [6.07, 6.45) is -4.31. The second-order valence-electron chi connectivity index (χ2n) is 4.65. The van der Waals surface area contributed by atoms with E-state index in [1.54, 1.807) is 7.11 Å². The zero-order valence-corrected chi connectivity index (χ0v) is 12.0. The smallest absolute Gasteiger partial charge is 0.416 e. The van der Waals surface area contributed by atoms with Crippen LogP contribution in [-0.4, -0.2) is 7.11 Å². The van der Waals surface area contributed by atoms with E-state index < -0.39 is 11.7 Å². The lowest BCUT2D eigenvalue weighted by atomic mass is 10.1. The quantitative estimate of drug-likeness (QED) is 0.647. The van der Waals surface area contributed by atoms with Gasteiger partial charge in [0.2, 0.25) is 0 Å². The van der Waals surface area contributed by atoms with Crippen molar-refractivity contribution < 1.29 is 22.7 Å². The predicted octanol–water partition coefficient (Wildman–Crippen LogP) is 3.94. The second kappa shape index (κ2) is 7.29. The predicted molar refractivity (Wildman–Crippen MR) is 76.1 cm³/mol. The summed E-state index contributed by atoms with van der Waals surface area (Å²) in [6.45, 7) is 0.679. The zero-order valence-electron chi connectivity index (χ0n) is 12.0. The highest BCUT2D eigenvalue weighted by Crippen LogP contribution is 2.29. The molecule has 0 saturated carbocycles. The Morgan fingerprint density at radius 1 is 0.909 bits per heavy atom. The van der Waals surface area contributed by atoms with Crippen molar-refractivity contribution in [3.05, 3.63) is 65.2 Å². The third kappa shape index (κ3) is 4.75. The highest BCUT2D eigenvalue weighted by Gasteiger charge is 2.29. The Kier molecular flexibility index (Phi) is 5.41. The summed E-state index contributed by atoms with van der Waals surface area (Å²) < 4.78 is 42.3. The summed E-state index contributed by atoms with van der Waals surface area (Å²) in [4.78, 5) is 5.28. The summed E-state index contributed by atoms with van der Waals surface area (Å²) in [5.41, 5.74) is 3.74. The highest BCUT2D eigenvalue weighted by molar-refractivity contribution is 5.26. The Morgan fingerprint density at radius 3 is 2.05 bits per heavy atom. The number of nitrogens with one attached hydrogen (secondary N) is 1. The number of methoxy groups -OCH3 is 1. The summed E-state index contributed by atoms with van der Waals surface area (Å²) in [5.74, 6) is 0.765. The van der Waals surface area contributed by atoms with Gasteiger partial charge in [-0.05, 0) is 35.4 Å². The molecule has 0 aliphatic heterocycles. The van der Waals surface area contributed by atoms with Gasteiger partial charge >= 0.3 is 6.18 Å². The van der Waals surface area contributed by atoms with Crippen molar-refractivity contribution in [2.24, 2.45) is 0 Å².